The molecule has 0 aliphatic carbocycles. The maximum Gasteiger partial charge on any atom is 0.293 e. The molecule has 0 N–H and O–H groups in total. The summed E-state index contributed by atoms with van der Waals surface area (Å²) >= 11 is 18.6. The van der Waals surface area contributed by atoms with Crippen LogP contribution in [0, 0.1) is 10.1 Å². The predicted octanol–water partition coefficient (Wildman–Crippen LogP) is 7.05. The Bertz CT molecular complexity index is 1300. The Hall–Kier alpha value is -2.78. The van der Waals surface area contributed by atoms with E-state index in [9.17, 15) is 19.7 Å². The quantitative estimate of drug-likeness (QED) is 0.208. The molecule has 0 unspecified atom stereocenters. The van der Waals surface area contributed by atoms with Gasteiger partial charge in [0, 0.05) is 27.2 Å². The van der Waals surface area contributed by atoms with Crippen LogP contribution in [0.5, 0.6) is 0 Å². The van der Waals surface area contributed by atoms with Crippen LogP contribution >= 0.6 is 46.6 Å². The summed E-state index contributed by atoms with van der Waals surface area (Å²) < 4.78 is 5.68. The standard InChI is InChI=1S/C21H11Cl3N2O5S/c22-12-2-1-11(16(24)7-12)10-25-20(27)19(32-21(25)28)9-14-4-6-18(31-14)15-5-3-13(23)8-17(15)26(29)30/h1-9H,10H2/b19-9+. The molecule has 1 aromatic heterocycles. The highest BCUT2D eigenvalue weighted by Crippen LogP contribution is 2.37. The number of thioether (sulfide) groups is 1. The molecule has 2 aromatic carbocycles. The summed E-state index contributed by atoms with van der Waals surface area (Å²) in [5.74, 6) is -0.00694. The molecule has 2 heterocycles. The van der Waals surface area contributed by atoms with Gasteiger partial charge in [0.15, 0.2) is 0 Å². The number of carbonyl (C=O) groups excluding carboxylic acids is 2. The molecular formula is C21H11Cl3N2O5S. The second-order valence-corrected chi connectivity index (χ2v) is 8.90. The Morgan fingerprint density at radius 2 is 1.75 bits per heavy atom. The van der Waals surface area contributed by atoms with Crippen LogP contribution in [0.15, 0.2) is 57.9 Å². The van der Waals surface area contributed by atoms with Crippen molar-refractivity contribution in [2.24, 2.45) is 0 Å². The average Bonchev–Trinajstić information content (AvgIpc) is 3.30. The predicted molar refractivity (Wildman–Crippen MR) is 124 cm³/mol. The van der Waals surface area contributed by atoms with Gasteiger partial charge in [-0.15, -0.1) is 0 Å². The zero-order valence-corrected chi connectivity index (χ0v) is 19.0. The zero-order valence-electron chi connectivity index (χ0n) is 15.9. The highest BCUT2D eigenvalue weighted by atomic mass is 35.5. The van der Waals surface area contributed by atoms with Crippen molar-refractivity contribution >= 4 is 69.5 Å². The van der Waals surface area contributed by atoms with E-state index in [0.29, 0.717) is 15.6 Å². The van der Waals surface area contributed by atoms with Gasteiger partial charge in [-0.3, -0.25) is 24.6 Å². The molecule has 2 amide bonds. The lowest BCUT2D eigenvalue weighted by Gasteiger charge is -2.13. The second kappa shape index (κ2) is 8.99. The minimum atomic E-state index is -0.559. The van der Waals surface area contributed by atoms with Crippen LogP contribution in [0.25, 0.3) is 17.4 Å². The summed E-state index contributed by atoms with van der Waals surface area (Å²) in [5.41, 5.74) is 0.609. The molecule has 0 spiro atoms. The smallest absolute Gasteiger partial charge is 0.293 e. The molecule has 11 heteroatoms. The fourth-order valence-corrected chi connectivity index (χ4v) is 4.48. The molecule has 162 valence electrons. The van der Waals surface area contributed by atoms with E-state index in [0.717, 1.165) is 16.7 Å². The molecule has 0 saturated carbocycles. The molecule has 0 atom stereocenters. The van der Waals surface area contributed by atoms with Gasteiger partial charge >= 0.3 is 0 Å². The van der Waals surface area contributed by atoms with Gasteiger partial charge in [0.05, 0.1) is 21.9 Å². The Labute approximate surface area is 200 Å². The Morgan fingerprint density at radius 1 is 1.03 bits per heavy atom. The summed E-state index contributed by atoms with van der Waals surface area (Å²) in [4.78, 5) is 37.1. The maximum absolute atomic E-state index is 12.8. The molecule has 1 aliphatic heterocycles. The first-order chi connectivity index (χ1) is 15.2. The van der Waals surface area contributed by atoms with E-state index in [2.05, 4.69) is 0 Å². The van der Waals surface area contributed by atoms with Crippen molar-refractivity contribution in [2.75, 3.05) is 0 Å². The van der Waals surface area contributed by atoms with Crippen LogP contribution in [0.2, 0.25) is 15.1 Å². The molecular weight excluding hydrogens is 499 g/mol. The number of furan rings is 1. The third-order valence-electron chi connectivity index (χ3n) is 4.54. The number of benzene rings is 2. The summed E-state index contributed by atoms with van der Waals surface area (Å²) in [6.45, 7) is -0.00160. The molecule has 1 fully saturated rings. The number of nitrogens with zero attached hydrogens (tertiary/aromatic N) is 2. The number of nitro benzene ring substituents is 1. The van der Waals surface area contributed by atoms with Crippen LogP contribution in [0.4, 0.5) is 10.5 Å². The van der Waals surface area contributed by atoms with E-state index in [1.54, 1.807) is 24.3 Å². The van der Waals surface area contributed by atoms with Gasteiger partial charge in [-0.25, -0.2) is 0 Å². The van der Waals surface area contributed by atoms with Crippen molar-refractivity contribution in [3.63, 3.8) is 0 Å². The topological polar surface area (TPSA) is 93.7 Å². The van der Waals surface area contributed by atoms with Crippen LogP contribution in [0.1, 0.15) is 11.3 Å². The lowest BCUT2D eigenvalue weighted by molar-refractivity contribution is -0.384. The van der Waals surface area contributed by atoms with Gasteiger partial charge < -0.3 is 4.42 Å². The monoisotopic (exact) mass is 508 g/mol. The summed E-state index contributed by atoms with van der Waals surface area (Å²) in [6.07, 6.45) is 1.42. The fraction of sp³-hybridized carbons (Fsp3) is 0.0476. The van der Waals surface area contributed by atoms with E-state index in [-0.39, 0.29) is 39.2 Å². The summed E-state index contributed by atoms with van der Waals surface area (Å²) in [7, 11) is 0. The van der Waals surface area contributed by atoms with Crippen molar-refractivity contribution in [1.82, 2.24) is 4.90 Å². The normalized spacial score (nSPS) is 15.1. The molecule has 32 heavy (non-hydrogen) atoms. The lowest BCUT2D eigenvalue weighted by atomic mass is 10.1. The number of rotatable bonds is 5. The molecule has 4 rings (SSSR count). The van der Waals surface area contributed by atoms with Crippen LogP contribution in [-0.2, 0) is 11.3 Å². The number of carbonyl (C=O) groups is 2. The van der Waals surface area contributed by atoms with Gasteiger partial charge in [0.1, 0.15) is 11.5 Å². The maximum atomic E-state index is 12.8. The third kappa shape index (κ3) is 4.54. The SMILES string of the molecule is O=C1S/C(=C/c2ccc(-c3ccc(Cl)cc3[N+](=O)[O-])o2)C(=O)N1Cc1ccc(Cl)cc1Cl. The van der Waals surface area contributed by atoms with Crippen molar-refractivity contribution in [3.8, 4) is 11.3 Å². The Balaban J connectivity index is 1.58. The van der Waals surface area contributed by atoms with Crippen LogP contribution in [-0.4, -0.2) is 21.0 Å². The van der Waals surface area contributed by atoms with E-state index in [4.69, 9.17) is 39.2 Å². The molecule has 3 aromatic rings. The zero-order chi connectivity index (χ0) is 23.0. The molecule has 1 saturated heterocycles. The number of hydrogen-bond donors (Lipinski definition) is 0. The van der Waals surface area contributed by atoms with Crippen molar-refractivity contribution in [1.29, 1.82) is 0 Å². The molecule has 1 aliphatic rings. The van der Waals surface area contributed by atoms with Gasteiger partial charge in [-0.1, -0.05) is 40.9 Å². The summed E-state index contributed by atoms with van der Waals surface area (Å²) in [5, 5.41) is 11.9. The fourth-order valence-electron chi connectivity index (χ4n) is 3.03. The van der Waals surface area contributed by atoms with Gasteiger partial charge in [-0.2, -0.15) is 0 Å². The number of imide groups is 1. The number of halogens is 3. The molecule has 7 nitrogen and oxygen atoms in total. The van der Waals surface area contributed by atoms with E-state index in [1.807, 2.05) is 0 Å². The first-order valence-corrected chi connectivity index (χ1v) is 10.9. The Kier molecular flexibility index (Phi) is 6.30. The van der Waals surface area contributed by atoms with Crippen molar-refractivity contribution < 1.29 is 18.9 Å². The van der Waals surface area contributed by atoms with Crippen molar-refractivity contribution in [2.45, 2.75) is 6.54 Å². The van der Waals surface area contributed by atoms with Crippen LogP contribution < -0.4 is 0 Å². The van der Waals surface area contributed by atoms with E-state index < -0.39 is 16.1 Å². The van der Waals surface area contributed by atoms with Gasteiger partial charge in [-0.05, 0) is 53.7 Å². The van der Waals surface area contributed by atoms with Gasteiger partial charge in [0.25, 0.3) is 16.8 Å². The first-order valence-electron chi connectivity index (χ1n) is 8.96. The minimum Gasteiger partial charge on any atom is -0.456 e. The first kappa shape index (κ1) is 22.4. The number of hydrogen-bond acceptors (Lipinski definition) is 6. The third-order valence-corrected chi connectivity index (χ3v) is 6.27. The summed E-state index contributed by atoms with van der Waals surface area (Å²) in [6, 6.07) is 12.1. The minimum absolute atomic E-state index is 0.00160. The Morgan fingerprint density at radius 3 is 2.47 bits per heavy atom. The average molecular weight is 510 g/mol. The van der Waals surface area contributed by atoms with E-state index >= 15 is 0 Å². The van der Waals surface area contributed by atoms with Crippen LogP contribution in [0.3, 0.4) is 0 Å². The van der Waals surface area contributed by atoms with Gasteiger partial charge in [0.2, 0.25) is 0 Å². The van der Waals surface area contributed by atoms with Crippen molar-refractivity contribution in [3.05, 3.63) is 89.9 Å². The molecule has 0 bridgehead atoms. The number of amides is 2. The molecule has 0 radical (unpaired) electrons. The highest BCUT2D eigenvalue weighted by Gasteiger charge is 2.35. The lowest BCUT2D eigenvalue weighted by Crippen LogP contribution is -2.27. The highest BCUT2D eigenvalue weighted by molar-refractivity contribution is 8.18. The van der Waals surface area contributed by atoms with E-state index in [1.165, 1.54) is 30.3 Å². The largest absolute Gasteiger partial charge is 0.456 e. The number of nitro groups is 1. The second-order valence-electron chi connectivity index (χ2n) is 6.62.